The third kappa shape index (κ3) is 3.46. The molecule has 0 radical (unpaired) electrons. The first kappa shape index (κ1) is 17.0. The third-order valence-corrected chi connectivity index (χ3v) is 4.53. The summed E-state index contributed by atoms with van der Waals surface area (Å²) in [6.07, 6.45) is 4.95. The van der Waals surface area contributed by atoms with Crippen molar-refractivity contribution in [3.05, 3.63) is 29.0 Å². The van der Waals surface area contributed by atoms with E-state index >= 15 is 0 Å². The van der Waals surface area contributed by atoms with Gasteiger partial charge in [-0.05, 0) is 37.3 Å². The van der Waals surface area contributed by atoms with E-state index in [9.17, 15) is 4.79 Å². The predicted octanol–water partition coefficient (Wildman–Crippen LogP) is 3.98. The van der Waals surface area contributed by atoms with Crippen molar-refractivity contribution in [1.82, 2.24) is 14.9 Å². The topological polar surface area (TPSA) is 58.1 Å². The second-order valence-corrected chi connectivity index (χ2v) is 7.01. The Labute approximate surface area is 147 Å². The van der Waals surface area contributed by atoms with Crippen LogP contribution in [0.3, 0.4) is 0 Å². The van der Waals surface area contributed by atoms with Gasteiger partial charge in [0.15, 0.2) is 5.65 Å². The molecule has 0 aromatic carbocycles. The van der Waals surface area contributed by atoms with Crippen LogP contribution in [0, 0.1) is 5.92 Å². The van der Waals surface area contributed by atoms with E-state index in [-0.39, 0.29) is 11.1 Å². The number of carbonyl (C=O) groups is 1. The average Bonchev–Trinajstić information content (AvgIpc) is 2.59. The van der Waals surface area contributed by atoms with Gasteiger partial charge in [-0.3, -0.25) is 4.79 Å². The Morgan fingerprint density at radius 1 is 1.33 bits per heavy atom. The molecule has 1 N–H and O–H groups in total. The zero-order chi connectivity index (χ0) is 17.1. The number of nitrogens with zero attached hydrogens (tertiary/aromatic N) is 3. The van der Waals surface area contributed by atoms with Gasteiger partial charge in [-0.25, -0.2) is 9.97 Å². The molecule has 24 heavy (non-hydrogen) atoms. The summed E-state index contributed by atoms with van der Waals surface area (Å²) in [5.74, 6) is 0.408. The molecule has 3 heterocycles. The van der Waals surface area contributed by atoms with Crippen LogP contribution in [-0.4, -0.2) is 40.4 Å². The minimum Gasteiger partial charge on any atom is -0.383 e. The molecule has 3 rings (SSSR count). The number of hydrogen-bond acceptors (Lipinski definition) is 4. The summed E-state index contributed by atoms with van der Waals surface area (Å²) in [6.45, 7) is 6.57. The molecule has 0 saturated carbocycles. The number of anilines is 1. The van der Waals surface area contributed by atoms with Gasteiger partial charge in [0.2, 0.25) is 0 Å². The highest BCUT2D eigenvalue weighted by Gasteiger charge is 2.26. The van der Waals surface area contributed by atoms with Crippen LogP contribution >= 0.6 is 11.6 Å². The Kier molecular flexibility index (Phi) is 5.19. The maximum atomic E-state index is 13.1. The van der Waals surface area contributed by atoms with Gasteiger partial charge < -0.3 is 10.2 Å². The van der Waals surface area contributed by atoms with Crippen molar-refractivity contribution in [2.75, 3.05) is 25.0 Å². The molecule has 5 nitrogen and oxygen atoms in total. The summed E-state index contributed by atoms with van der Waals surface area (Å²) >= 11 is 6.40. The summed E-state index contributed by atoms with van der Waals surface area (Å²) in [5.41, 5.74) is 1.78. The molecule has 1 amide bonds. The lowest BCUT2D eigenvalue weighted by Crippen LogP contribution is -2.36. The molecular formula is C18H23ClN4O. The number of likely N-dealkylation sites (tertiary alicyclic amines) is 1. The van der Waals surface area contributed by atoms with E-state index in [2.05, 4.69) is 29.1 Å². The van der Waals surface area contributed by atoms with Crippen molar-refractivity contribution in [2.45, 2.75) is 33.1 Å². The van der Waals surface area contributed by atoms with Gasteiger partial charge in [0.25, 0.3) is 5.91 Å². The molecule has 0 aliphatic carbocycles. The fraction of sp³-hybridized carbons (Fsp3) is 0.500. The molecule has 128 valence electrons. The standard InChI is InChI=1S/C18H23ClN4O/c1-12(2)11-21-15-13-7-6-8-20-17(13)22-16(19)14(15)18(24)23-9-4-3-5-10-23/h6-8,12H,3-5,9-11H2,1-2H3,(H,20,21,22). The van der Waals surface area contributed by atoms with Crippen LogP contribution in [-0.2, 0) is 0 Å². The largest absolute Gasteiger partial charge is 0.383 e. The summed E-state index contributed by atoms with van der Waals surface area (Å²) in [4.78, 5) is 23.6. The van der Waals surface area contributed by atoms with Gasteiger partial charge in [-0.2, -0.15) is 0 Å². The smallest absolute Gasteiger partial charge is 0.259 e. The number of halogens is 1. The number of nitrogens with one attached hydrogen (secondary N) is 1. The van der Waals surface area contributed by atoms with Gasteiger partial charge in [0.05, 0.1) is 5.69 Å². The maximum Gasteiger partial charge on any atom is 0.259 e. The van der Waals surface area contributed by atoms with Gasteiger partial charge in [-0.15, -0.1) is 0 Å². The highest BCUT2D eigenvalue weighted by atomic mass is 35.5. The maximum absolute atomic E-state index is 13.1. The number of piperidine rings is 1. The van der Waals surface area contributed by atoms with E-state index in [1.165, 1.54) is 6.42 Å². The van der Waals surface area contributed by atoms with Crippen LogP contribution in [0.5, 0.6) is 0 Å². The highest BCUT2D eigenvalue weighted by molar-refractivity contribution is 6.34. The van der Waals surface area contributed by atoms with Crippen molar-refractivity contribution in [2.24, 2.45) is 5.92 Å². The summed E-state index contributed by atoms with van der Waals surface area (Å²) in [7, 11) is 0. The number of pyridine rings is 2. The average molecular weight is 347 g/mol. The Morgan fingerprint density at radius 3 is 2.79 bits per heavy atom. The van der Waals surface area contributed by atoms with Gasteiger partial charge in [-0.1, -0.05) is 25.4 Å². The van der Waals surface area contributed by atoms with Crippen LogP contribution in [0.4, 0.5) is 5.69 Å². The van der Waals surface area contributed by atoms with Crippen molar-refractivity contribution in [1.29, 1.82) is 0 Å². The molecule has 1 saturated heterocycles. The van der Waals surface area contributed by atoms with E-state index in [1.807, 2.05) is 17.0 Å². The van der Waals surface area contributed by atoms with Crippen molar-refractivity contribution >= 4 is 34.2 Å². The monoisotopic (exact) mass is 346 g/mol. The van der Waals surface area contributed by atoms with Gasteiger partial charge in [0.1, 0.15) is 10.7 Å². The van der Waals surface area contributed by atoms with Crippen molar-refractivity contribution in [3.63, 3.8) is 0 Å². The van der Waals surface area contributed by atoms with Crippen molar-refractivity contribution in [3.8, 4) is 0 Å². The van der Waals surface area contributed by atoms with E-state index in [1.54, 1.807) is 6.20 Å². The summed E-state index contributed by atoms with van der Waals surface area (Å²) < 4.78 is 0. The third-order valence-electron chi connectivity index (χ3n) is 4.26. The normalized spacial score (nSPS) is 15.1. The van der Waals surface area contributed by atoms with Crippen LogP contribution < -0.4 is 5.32 Å². The Hall–Kier alpha value is -1.88. The van der Waals surface area contributed by atoms with Gasteiger partial charge in [0, 0.05) is 31.2 Å². The molecule has 2 aromatic heterocycles. The quantitative estimate of drug-likeness (QED) is 0.851. The zero-order valence-electron chi connectivity index (χ0n) is 14.2. The minimum absolute atomic E-state index is 0.0378. The summed E-state index contributed by atoms with van der Waals surface area (Å²) in [5, 5.41) is 4.47. The number of fused-ring (bicyclic) bond motifs is 1. The first-order valence-corrected chi connectivity index (χ1v) is 8.93. The van der Waals surface area contributed by atoms with E-state index in [4.69, 9.17) is 11.6 Å². The molecule has 2 aromatic rings. The molecular weight excluding hydrogens is 324 g/mol. The molecule has 0 unspecified atom stereocenters. The minimum atomic E-state index is -0.0378. The number of carbonyl (C=O) groups excluding carboxylic acids is 1. The number of amides is 1. The SMILES string of the molecule is CC(C)CNc1c(C(=O)N2CCCCC2)c(Cl)nc2ncccc12. The second kappa shape index (κ2) is 7.34. The highest BCUT2D eigenvalue weighted by Crippen LogP contribution is 2.32. The number of hydrogen-bond donors (Lipinski definition) is 1. The molecule has 1 fully saturated rings. The van der Waals surface area contributed by atoms with Gasteiger partial charge >= 0.3 is 0 Å². The lowest BCUT2D eigenvalue weighted by molar-refractivity contribution is 0.0725. The molecule has 0 spiro atoms. The first-order valence-electron chi connectivity index (χ1n) is 8.55. The zero-order valence-corrected chi connectivity index (χ0v) is 14.9. The Balaban J connectivity index is 2.08. The molecule has 0 bridgehead atoms. The van der Waals surface area contributed by atoms with E-state index in [0.29, 0.717) is 17.1 Å². The van der Waals surface area contributed by atoms with Crippen LogP contribution in [0.1, 0.15) is 43.5 Å². The molecule has 6 heteroatoms. The lowest BCUT2D eigenvalue weighted by atomic mass is 10.1. The molecule has 0 atom stereocenters. The number of rotatable bonds is 4. The number of aromatic nitrogens is 2. The Bertz CT molecular complexity index is 741. The second-order valence-electron chi connectivity index (χ2n) is 6.65. The van der Waals surface area contributed by atoms with E-state index in [0.717, 1.165) is 43.5 Å². The van der Waals surface area contributed by atoms with Crippen LogP contribution in [0.15, 0.2) is 18.3 Å². The molecule has 1 aliphatic heterocycles. The van der Waals surface area contributed by atoms with Crippen LogP contribution in [0.25, 0.3) is 11.0 Å². The fourth-order valence-corrected chi connectivity index (χ4v) is 3.26. The lowest BCUT2D eigenvalue weighted by Gasteiger charge is -2.28. The summed E-state index contributed by atoms with van der Waals surface area (Å²) in [6, 6.07) is 3.79. The van der Waals surface area contributed by atoms with Crippen LogP contribution in [0.2, 0.25) is 5.15 Å². The fourth-order valence-electron chi connectivity index (χ4n) is 3.01. The molecule has 1 aliphatic rings. The van der Waals surface area contributed by atoms with E-state index < -0.39 is 0 Å². The Morgan fingerprint density at radius 2 is 2.08 bits per heavy atom. The predicted molar refractivity (Wildman–Crippen MR) is 97.6 cm³/mol. The van der Waals surface area contributed by atoms with Crippen molar-refractivity contribution < 1.29 is 4.79 Å². The first-order chi connectivity index (χ1) is 11.6.